The van der Waals surface area contributed by atoms with Gasteiger partial charge in [-0.1, -0.05) is 12.2 Å². The van der Waals surface area contributed by atoms with Gasteiger partial charge in [0.05, 0.1) is 37.7 Å². The van der Waals surface area contributed by atoms with Crippen molar-refractivity contribution in [1.82, 2.24) is 4.90 Å². The van der Waals surface area contributed by atoms with E-state index in [0.29, 0.717) is 0 Å². The van der Waals surface area contributed by atoms with Gasteiger partial charge in [0.25, 0.3) is 0 Å². The van der Waals surface area contributed by atoms with Crippen LogP contribution >= 0.6 is 0 Å². The molecule has 0 N–H and O–H groups in total. The Hall–Kier alpha value is -2.48. The number of esters is 2. The Morgan fingerprint density at radius 2 is 1.70 bits per heavy atom. The highest BCUT2D eigenvalue weighted by molar-refractivity contribution is 6.06. The molecule has 0 radical (unpaired) electrons. The number of amides is 2. The Kier molecular flexibility index (Phi) is 3.99. The molecule has 3 aliphatic rings. The lowest BCUT2D eigenvalue weighted by molar-refractivity contribution is -0.147. The first kappa shape index (κ1) is 15.4. The van der Waals surface area contributed by atoms with Gasteiger partial charge >= 0.3 is 11.9 Å². The maximum atomic E-state index is 12.3. The summed E-state index contributed by atoms with van der Waals surface area (Å²) in [5.41, 5.74) is 0. The van der Waals surface area contributed by atoms with Crippen LogP contribution in [0.15, 0.2) is 24.3 Å². The highest BCUT2D eigenvalue weighted by atomic mass is 16.5. The summed E-state index contributed by atoms with van der Waals surface area (Å²) in [4.78, 5) is 47.9. The topological polar surface area (TPSA) is 99.2 Å². The van der Waals surface area contributed by atoms with Crippen molar-refractivity contribution in [2.75, 3.05) is 20.3 Å². The predicted octanol–water partition coefficient (Wildman–Crippen LogP) is -0.803. The number of carbonyl (C=O) groups is 4. The van der Waals surface area contributed by atoms with Crippen LogP contribution in [-0.2, 0) is 33.4 Å². The summed E-state index contributed by atoms with van der Waals surface area (Å²) >= 11 is 0. The monoisotopic (exact) mass is 321 g/mol. The van der Waals surface area contributed by atoms with Gasteiger partial charge in [-0.25, -0.2) is 9.59 Å². The van der Waals surface area contributed by atoms with Crippen molar-refractivity contribution in [2.24, 2.45) is 11.8 Å². The molecule has 3 rings (SSSR count). The van der Waals surface area contributed by atoms with Crippen LogP contribution in [0.25, 0.3) is 0 Å². The molecule has 0 aromatic carbocycles. The maximum Gasteiger partial charge on any atom is 0.331 e. The largest absolute Gasteiger partial charge is 0.466 e. The fourth-order valence-corrected chi connectivity index (χ4v) is 3.08. The minimum atomic E-state index is -0.750. The molecule has 0 aliphatic carbocycles. The zero-order valence-electron chi connectivity index (χ0n) is 12.3. The molecule has 0 aromatic heterocycles. The summed E-state index contributed by atoms with van der Waals surface area (Å²) in [6, 6.07) is 0. The standard InChI is InChI=1S/C15H15NO7/c1-21-10(17)4-5-11(18)22-7-6-16-14(19)12-8-2-3-9(23-8)13(12)15(16)20/h2-5,8-9,12-13H,6-7H2,1H3/b5-4+/t8-,9?,12?,13?/m0/s1. The van der Waals surface area contributed by atoms with E-state index in [-0.39, 0.29) is 37.2 Å². The number of rotatable bonds is 5. The van der Waals surface area contributed by atoms with E-state index in [4.69, 9.17) is 9.47 Å². The third-order valence-corrected chi connectivity index (χ3v) is 4.12. The fraction of sp³-hybridized carbons (Fsp3) is 0.467. The molecule has 3 aliphatic heterocycles. The van der Waals surface area contributed by atoms with Gasteiger partial charge in [0.15, 0.2) is 0 Å². The van der Waals surface area contributed by atoms with Crippen LogP contribution in [0.2, 0.25) is 0 Å². The van der Waals surface area contributed by atoms with Crippen LogP contribution in [0.1, 0.15) is 0 Å². The number of fused-ring (bicyclic) bond motifs is 5. The van der Waals surface area contributed by atoms with Gasteiger partial charge in [0.2, 0.25) is 11.8 Å². The zero-order chi connectivity index (χ0) is 16.6. The van der Waals surface area contributed by atoms with Crippen LogP contribution in [-0.4, -0.2) is 61.1 Å². The summed E-state index contributed by atoms with van der Waals surface area (Å²) < 4.78 is 14.7. The third-order valence-electron chi connectivity index (χ3n) is 4.12. The second-order valence-corrected chi connectivity index (χ2v) is 5.35. The highest BCUT2D eigenvalue weighted by Crippen LogP contribution is 2.44. The van der Waals surface area contributed by atoms with Crippen molar-refractivity contribution in [3.8, 4) is 0 Å². The molecular formula is C15H15NO7. The molecule has 0 saturated carbocycles. The summed E-state index contributed by atoms with van der Waals surface area (Å²) in [5, 5.41) is 0. The van der Waals surface area contributed by atoms with Crippen LogP contribution < -0.4 is 0 Å². The van der Waals surface area contributed by atoms with Crippen LogP contribution in [0, 0.1) is 11.8 Å². The fourth-order valence-electron chi connectivity index (χ4n) is 3.08. The van der Waals surface area contributed by atoms with Crippen molar-refractivity contribution in [3.63, 3.8) is 0 Å². The summed E-state index contributed by atoms with van der Waals surface area (Å²) in [6.07, 6.45) is 4.79. The lowest BCUT2D eigenvalue weighted by Gasteiger charge is -2.17. The molecule has 3 unspecified atom stereocenters. The maximum absolute atomic E-state index is 12.3. The zero-order valence-corrected chi connectivity index (χ0v) is 12.3. The molecular weight excluding hydrogens is 306 g/mol. The Labute approximate surface area is 131 Å². The average molecular weight is 321 g/mol. The molecule has 2 fully saturated rings. The summed E-state index contributed by atoms with van der Waals surface area (Å²) in [5.74, 6) is -2.95. The van der Waals surface area contributed by atoms with Crippen LogP contribution in [0.5, 0.6) is 0 Å². The highest BCUT2D eigenvalue weighted by Gasteiger charge is 2.60. The molecule has 2 saturated heterocycles. The number of methoxy groups -OCH3 is 1. The van der Waals surface area contributed by atoms with E-state index < -0.39 is 23.8 Å². The van der Waals surface area contributed by atoms with Crippen LogP contribution in [0.4, 0.5) is 0 Å². The van der Waals surface area contributed by atoms with Crippen molar-refractivity contribution in [2.45, 2.75) is 12.2 Å². The number of likely N-dealkylation sites (tertiary alicyclic amines) is 1. The first-order valence-electron chi connectivity index (χ1n) is 7.14. The van der Waals surface area contributed by atoms with E-state index in [1.807, 2.05) is 0 Å². The molecule has 0 spiro atoms. The Morgan fingerprint density at radius 3 is 2.26 bits per heavy atom. The molecule has 8 heteroatoms. The van der Waals surface area contributed by atoms with Gasteiger partial charge in [-0.2, -0.15) is 0 Å². The second-order valence-electron chi connectivity index (χ2n) is 5.35. The van der Waals surface area contributed by atoms with Gasteiger partial charge in [0.1, 0.15) is 6.61 Å². The molecule has 0 aromatic rings. The smallest absolute Gasteiger partial charge is 0.331 e. The molecule has 3 heterocycles. The van der Waals surface area contributed by atoms with Gasteiger partial charge in [0, 0.05) is 12.2 Å². The minimum Gasteiger partial charge on any atom is -0.466 e. The summed E-state index contributed by atoms with van der Waals surface area (Å²) in [7, 11) is 1.19. The number of nitrogens with zero attached hydrogens (tertiary/aromatic N) is 1. The normalized spacial score (nSPS) is 31.1. The van der Waals surface area contributed by atoms with Crippen molar-refractivity contribution in [1.29, 1.82) is 0 Å². The van der Waals surface area contributed by atoms with Gasteiger partial charge in [-0.15, -0.1) is 0 Å². The Bertz CT molecular complexity index is 593. The van der Waals surface area contributed by atoms with Gasteiger partial charge in [-0.3, -0.25) is 14.5 Å². The quantitative estimate of drug-likeness (QED) is 0.283. The SMILES string of the molecule is COC(=O)/C=C/C(=O)OCCN1C(=O)C2C3C=C[C@H](O3)C2C1=O. The van der Waals surface area contributed by atoms with Gasteiger partial charge < -0.3 is 14.2 Å². The van der Waals surface area contributed by atoms with Crippen LogP contribution in [0.3, 0.4) is 0 Å². The first-order chi connectivity index (χ1) is 11.0. The average Bonchev–Trinajstić information content (AvgIpc) is 3.21. The molecule has 2 bridgehead atoms. The number of hydrogen-bond acceptors (Lipinski definition) is 7. The van der Waals surface area contributed by atoms with Crippen molar-refractivity contribution < 1.29 is 33.4 Å². The number of ether oxygens (including phenoxy) is 3. The number of imide groups is 1. The van der Waals surface area contributed by atoms with E-state index in [1.54, 1.807) is 12.2 Å². The Balaban J connectivity index is 1.51. The van der Waals surface area contributed by atoms with E-state index in [9.17, 15) is 19.2 Å². The second kappa shape index (κ2) is 5.96. The minimum absolute atomic E-state index is 0.0120. The molecule has 8 nitrogen and oxygen atoms in total. The molecule has 4 atom stereocenters. The Morgan fingerprint density at radius 1 is 1.13 bits per heavy atom. The van der Waals surface area contributed by atoms with E-state index in [0.717, 1.165) is 17.1 Å². The van der Waals surface area contributed by atoms with E-state index in [2.05, 4.69) is 4.74 Å². The molecule has 122 valence electrons. The van der Waals surface area contributed by atoms with E-state index in [1.165, 1.54) is 7.11 Å². The third kappa shape index (κ3) is 2.65. The lowest BCUT2D eigenvalue weighted by Crippen LogP contribution is -2.37. The molecule has 2 amide bonds. The number of hydrogen-bond donors (Lipinski definition) is 0. The lowest BCUT2D eigenvalue weighted by atomic mass is 9.85. The number of carbonyl (C=O) groups excluding carboxylic acids is 4. The first-order valence-corrected chi connectivity index (χ1v) is 7.14. The van der Waals surface area contributed by atoms with E-state index >= 15 is 0 Å². The van der Waals surface area contributed by atoms with Crippen molar-refractivity contribution >= 4 is 23.8 Å². The summed E-state index contributed by atoms with van der Waals surface area (Å²) in [6.45, 7) is -0.146. The van der Waals surface area contributed by atoms with Crippen molar-refractivity contribution in [3.05, 3.63) is 24.3 Å². The predicted molar refractivity (Wildman–Crippen MR) is 73.6 cm³/mol. The molecule has 23 heavy (non-hydrogen) atoms. The van der Waals surface area contributed by atoms with Gasteiger partial charge in [-0.05, 0) is 0 Å².